The van der Waals surface area contributed by atoms with Gasteiger partial charge < -0.3 is 5.11 Å². The van der Waals surface area contributed by atoms with E-state index in [0.29, 0.717) is 11.4 Å². The summed E-state index contributed by atoms with van der Waals surface area (Å²) >= 11 is 0. The van der Waals surface area contributed by atoms with E-state index in [0.717, 1.165) is 89.2 Å². The van der Waals surface area contributed by atoms with Gasteiger partial charge in [0.1, 0.15) is 11.6 Å². The molecular weight excluding hydrogens is 1030 g/mol. The van der Waals surface area contributed by atoms with Crippen LogP contribution in [0.15, 0.2) is 164 Å². The Kier molecular flexibility index (Phi) is 12.8. The van der Waals surface area contributed by atoms with E-state index in [4.69, 9.17) is 14.1 Å². The fourth-order valence-corrected chi connectivity index (χ4v) is 9.25. The predicted molar refractivity (Wildman–Crippen MR) is 291 cm³/mol. The number of aromatic hydroxyl groups is 1. The van der Waals surface area contributed by atoms with Crippen LogP contribution in [0.5, 0.6) is 5.75 Å². The number of nitrogens with zero attached hydrogens (tertiary/aromatic N) is 3. The van der Waals surface area contributed by atoms with Crippen molar-refractivity contribution in [3.8, 4) is 78.6 Å². The van der Waals surface area contributed by atoms with Crippen molar-refractivity contribution in [3.63, 3.8) is 0 Å². The predicted octanol–water partition coefficient (Wildman–Crippen LogP) is 17.8. The number of fused-ring (bicyclic) bond motifs is 1. The minimum atomic E-state index is -2.14. The van der Waals surface area contributed by atoms with Crippen LogP contribution in [0.1, 0.15) is 121 Å². The molecule has 0 atom stereocenters. The molecule has 0 amide bonds. The number of phenolic OH excluding ortho intramolecular Hbond substituents is 1. The van der Waals surface area contributed by atoms with E-state index < -0.39 is 12.3 Å². The van der Waals surface area contributed by atoms with E-state index in [1.54, 1.807) is 13.8 Å². The maximum absolute atomic E-state index is 12.5. The van der Waals surface area contributed by atoms with Crippen LogP contribution in [0.25, 0.3) is 83.9 Å². The molecule has 4 nitrogen and oxygen atoms in total. The zero-order chi connectivity index (χ0) is 51.5. The Morgan fingerprint density at radius 3 is 1.86 bits per heavy atom. The third-order valence-corrected chi connectivity index (χ3v) is 14.5. The standard InChI is InChI=1S/C65H66N3O.Pt/c1-41(2)47-37-54(42(3)4)61(69)56(38-47)62-67-60-53(24-19-25-59(60)68(62)58-31-30-52(65(11,12)64(8,9)10)40-55(58)45-22-17-14-18-23-45)49-34-48(43-20-15-13-16-21-43)35-50(36-49)57-39-46(32-33-66-57)44-26-28-51(29-27-44)63(5,6)7;/h13-35,37-42,69H,1-12H3;/q-1;/i5D3;. The smallest absolute Gasteiger partial charge is 0.148 e. The topological polar surface area (TPSA) is 50.9 Å². The normalized spacial score (nSPS) is 13.0. The molecule has 1 N–H and O–H groups in total. The van der Waals surface area contributed by atoms with Crippen LogP contribution < -0.4 is 0 Å². The van der Waals surface area contributed by atoms with Crippen molar-refractivity contribution < 1.29 is 30.3 Å². The molecule has 7 aromatic carbocycles. The second kappa shape index (κ2) is 19.4. The van der Waals surface area contributed by atoms with Crippen LogP contribution in [0, 0.1) is 11.5 Å². The zero-order valence-electron chi connectivity index (χ0n) is 45.3. The molecule has 0 aliphatic carbocycles. The van der Waals surface area contributed by atoms with E-state index in [-0.39, 0.29) is 49.5 Å². The molecule has 0 radical (unpaired) electrons. The molecule has 70 heavy (non-hydrogen) atoms. The van der Waals surface area contributed by atoms with Crippen LogP contribution in [-0.4, -0.2) is 19.6 Å². The summed E-state index contributed by atoms with van der Waals surface area (Å²) in [6.45, 7) is 21.6. The summed E-state index contributed by atoms with van der Waals surface area (Å²) in [7, 11) is 0. The minimum Gasteiger partial charge on any atom is -0.507 e. The van der Waals surface area contributed by atoms with Gasteiger partial charge >= 0.3 is 0 Å². The van der Waals surface area contributed by atoms with Crippen molar-refractivity contribution in [1.29, 1.82) is 0 Å². The van der Waals surface area contributed by atoms with Gasteiger partial charge in [-0.1, -0.05) is 215 Å². The van der Waals surface area contributed by atoms with Crippen molar-refractivity contribution in [2.75, 3.05) is 0 Å². The molecule has 358 valence electrons. The summed E-state index contributed by atoms with van der Waals surface area (Å²) in [4.78, 5) is 10.6. The number of aromatic nitrogens is 3. The van der Waals surface area contributed by atoms with E-state index in [9.17, 15) is 5.11 Å². The third-order valence-electron chi connectivity index (χ3n) is 14.5. The van der Waals surface area contributed by atoms with Crippen LogP contribution in [-0.2, 0) is 31.9 Å². The minimum absolute atomic E-state index is 0. The SMILES string of the molecule is [2H]C([2H])([2H])C(C)(C)c1ccc(-c2ccnc(-c3[c-]c(-c4cccc5c4nc(-c4cc(C(C)C)cc(C(C)C)c4O)n5-c4ccc(C(C)(C)C(C)(C)C)cc4-c4ccccc4)cc(-c4ccccc4)c3)c2)cc1.[Pt]. The summed E-state index contributed by atoms with van der Waals surface area (Å²) in [5, 5.41) is 12.5. The van der Waals surface area contributed by atoms with Gasteiger partial charge in [-0.05, 0) is 103 Å². The second-order valence-electron chi connectivity index (χ2n) is 21.4. The Bertz CT molecular complexity index is 3440. The van der Waals surface area contributed by atoms with Crippen molar-refractivity contribution in [2.24, 2.45) is 5.41 Å². The van der Waals surface area contributed by atoms with Gasteiger partial charge in [0, 0.05) is 42.6 Å². The molecule has 2 heterocycles. The Morgan fingerprint density at radius 2 is 1.21 bits per heavy atom. The number of hydrogen-bond acceptors (Lipinski definition) is 3. The molecule has 0 bridgehead atoms. The molecule has 0 saturated heterocycles. The van der Waals surface area contributed by atoms with Crippen LogP contribution in [0.4, 0.5) is 0 Å². The van der Waals surface area contributed by atoms with Gasteiger partial charge in [0.15, 0.2) is 0 Å². The van der Waals surface area contributed by atoms with Crippen molar-refractivity contribution in [2.45, 2.75) is 106 Å². The molecule has 9 aromatic rings. The quantitative estimate of drug-likeness (QED) is 0.139. The summed E-state index contributed by atoms with van der Waals surface area (Å²) in [5.74, 6) is 1.17. The van der Waals surface area contributed by atoms with E-state index in [2.05, 4.69) is 194 Å². The summed E-state index contributed by atoms with van der Waals surface area (Å²) in [6, 6.07) is 58.5. The fourth-order valence-electron chi connectivity index (χ4n) is 9.25. The molecule has 0 aliphatic rings. The summed E-state index contributed by atoms with van der Waals surface area (Å²) in [5.41, 5.74) is 15.6. The molecule has 5 heteroatoms. The zero-order valence-corrected chi connectivity index (χ0v) is 44.6. The number of pyridine rings is 1. The maximum Gasteiger partial charge on any atom is 0.148 e. The molecule has 0 aliphatic heterocycles. The number of para-hydroxylation sites is 1. The Morgan fingerprint density at radius 1 is 0.571 bits per heavy atom. The van der Waals surface area contributed by atoms with Crippen molar-refractivity contribution in [3.05, 3.63) is 192 Å². The summed E-state index contributed by atoms with van der Waals surface area (Å²) < 4.78 is 26.7. The van der Waals surface area contributed by atoms with Crippen LogP contribution >= 0.6 is 0 Å². The largest absolute Gasteiger partial charge is 0.507 e. The Hall–Kier alpha value is -6.35. The van der Waals surface area contributed by atoms with Crippen molar-refractivity contribution in [1.82, 2.24) is 14.5 Å². The summed E-state index contributed by atoms with van der Waals surface area (Å²) in [6.07, 6.45) is 1.82. The number of imidazole rings is 1. The van der Waals surface area contributed by atoms with Gasteiger partial charge in [0.2, 0.25) is 0 Å². The number of benzene rings is 7. The molecule has 9 rings (SSSR count). The van der Waals surface area contributed by atoms with Gasteiger partial charge in [0.05, 0.1) is 22.3 Å². The van der Waals surface area contributed by atoms with Gasteiger partial charge in [-0.2, -0.15) is 0 Å². The van der Waals surface area contributed by atoms with Gasteiger partial charge in [-0.25, -0.2) is 4.98 Å². The Labute approximate surface area is 435 Å². The van der Waals surface area contributed by atoms with E-state index in [1.165, 1.54) is 5.56 Å². The first-order valence-corrected chi connectivity index (χ1v) is 24.3. The first kappa shape index (κ1) is 46.1. The van der Waals surface area contributed by atoms with Gasteiger partial charge in [-0.3, -0.25) is 9.55 Å². The van der Waals surface area contributed by atoms with Crippen LogP contribution in [0.3, 0.4) is 0 Å². The molecule has 0 spiro atoms. The number of hydrogen-bond donors (Lipinski definition) is 1. The number of rotatable bonds is 10. The third kappa shape index (κ3) is 9.61. The fraction of sp³-hybridized carbons (Fsp3) is 0.262. The molecule has 2 aromatic heterocycles. The first-order valence-electron chi connectivity index (χ1n) is 25.8. The monoisotopic (exact) mass is 1100 g/mol. The molecular formula is C65H66N3OPt-. The van der Waals surface area contributed by atoms with Gasteiger partial charge in [0.25, 0.3) is 0 Å². The Balaban J connectivity index is 0.00000711. The maximum atomic E-state index is 12.5. The average molecular weight is 1100 g/mol. The molecule has 0 unspecified atom stereocenters. The van der Waals surface area contributed by atoms with E-state index in [1.807, 2.05) is 42.6 Å². The molecule has 0 fully saturated rings. The van der Waals surface area contributed by atoms with Gasteiger partial charge in [-0.15, -0.1) is 23.8 Å². The average Bonchev–Trinajstić information content (AvgIpc) is 3.75. The molecule has 0 saturated carbocycles. The second-order valence-corrected chi connectivity index (χ2v) is 21.4. The van der Waals surface area contributed by atoms with E-state index >= 15 is 0 Å². The first-order chi connectivity index (χ1) is 34.0. The van der Waals surface area contributed by atoms with Crippen LogP contribution in [0.2, 0.25) is 0 Å². The van der Waals surface area contributed by atoms with Crippen molar-refractivity contribution >= 4 is 11.0 Å². The number of phenols is 1.